The van der Waals surface area contributed by atoms with E-state index in [2.05, 4.69) is 0 Å². The van der Waals surface area contributed by atoms with Gasteiger partial charge < -0.3 is 34.3 Å². The summed E-state index contributed by atoms with van der Waals surface area (Å²) in [6.07, 6.45) is 1.65. The normalized spacial score (nSPS) is 15.2. The molecule has 1 heterocycles. The molecular formula is C23H28N2O7. The standard InChI is InChI=1S/C23H28N2O7/c1-28-15-7-8-18(29-2)16(12-15)17-6-5-9-25(17)23(27)14-10-19(30-3)22(20(11-14)31-4)32-13-21(24)26/h7-8,10-12,17H,5-6,9,13H2,1-4H3,(H2,24,26)/t17-/m1/s1. The lowest BCUT2D eigenvalue weighted by Crippen LogP contribution is -2.31. The van der Waals surface area contributed by atoms with Crippen LogP contribution in [-0.4, -0.2) is 58.3 Å². The van der Waals surface area contributed by atoms with Crippen molar-refractivity contribution in [2.75, 3.05) is 41.6 Å². The minimum atomic E-state index is -0.638. The second-order valence-electron chi connectivity index (χ2n) is 7.23. The fraction of sp³-hybridized carbons (Fsp3) is 0.391. The number of rotatable bonds is 9. The van der Waals surface area contributed by atoms with E-state index in [-0.39, 0.29) is 35.8 Å². The van der Waals surface area contributed by atoms with E-state index < -0.39 is 5.91 Å². The third-order valence-corrected chi connectivity index (χ3v) is 5.38. The zero-order valence-electron chi connectivity index (χ0n) is 18.7. The van der Waals surface area contributed by atoms with Crippen molar-refractivity contribution in [3.8, 4) is 28.7 Å². The Labute approximate surface area is 186 Å². The van der Waals surface area contributed by atoms with Crippen LogP contribution in [0, 0.1) is 0 Å². The van der Waals surface area contributed by atoms with E-state index >= 15 is 0 Å². The second kappa shape index (κ2) is 10.1. The predicted molar refractivity (Wildman–Crippen MR) is 117 cm³/mol. The van der Waals surface area contributed by atoms with Gasteiger partial charge in [0.15, 0.2) is 18.1 Å². The Balaban J connectivity index is 1.97. The number of nitrogens with two attached hydrogens (primary N) is 1. The first-order chi connectivity index (χ1) is 15.4. The Bertz CT molecular complexity index is 967. The maximum atomic E-state index is 13.5. The van der Waals surface area contributed by atoms with Crippen molar-refractivity contribution >= 4 is 11.8 Å². The van der Waals surface area contributed by atoms with Crippen molar-refractivity contribution in [1.29, 1.82) is 0 Å². The number of hydrogen-bond acceptors (Lipinski definition) is 7. The van der Waals surface area contributed by atoms with Crippen molar-refractivity contribution in [1.82, 2.24) is 4.90 Å². The molecule has 9 nitrogen and oxygen atoms in total. The lowest BCUT2D eigenvalue weighted by Gasteiger charge is -2.27. The first-order valence-corrected chi connectivity index (χ1v) is 10.1. The molecule has 2 amide bonds. The van der Waals surface area contributed by atoms with E-state index in [4.69, 9.17) is 29.4 Å². The van der Waals surface area contributed by atoms with Gasteiger partial charge in [-0.05, 0) is 43.2 Å². The van der Waals surface area contributed by atoms with Crippen molar-refractivity contribution in [2.45, 2.75) is 18.9 Å². The molecule has 3 rings (SSSR count). The monoisotopic (exact) mass is 444 g/mol. The Hall–Kier alpha value is -3.62. The topological polar surface area (TPSA) is 110 Å². The van der Waals surface area contributed by atoms with Crippen LogP contribution in [-0.2, 0) is 4.79 Å². The molecule has 2 aromatic rings. The number of carbonyl (C=O) groups excluding carboxylic acids is 2. The molecule has 1 aliphatic heterocycles. The largest absolute Gasteiger partial charge is 0.497 e. The summed E-state index contributed by atoms with van der Waals surface area (Å²) in [5.41, 5.74) is 6.43. The SMILES string of the molecule is COc1ccc(OC)c([C@H]2CCCN2C(=O)c2cc(OC)c(OCC(N)=O)c(OC)c2)c1. The smallest absolute Gasteiger partial charge is 0.255 e. The van der Waals surface area contributed by atoms with Crippen LogP contribution < -0.4 is 29.4 Å². The third kappa shape index (κ3) is 4.66. The molecule has 1 saturated heterocycles. The van der Waals surface area contributed by atoms with E-state index in [0.717, 1.165) is 18.4 Å². The summed E-state index contributed by atoms with van der Waals surface area (Å²) < 4.78 is 27.1. The molecule has 1 aliphatic rings. The summed E-state index contributed by atoms with van der Waals surface area (Å²) in [7, 11) is 6.09. The summed E-state index contributed by atoms with van der Waals surface area (Å²) in [6.45, 7) is 0.248. The number of likely N-dealkylation sites (tertiary alicyclic amines) is 1. The zero-order valence-corrected chi connectivity index (χ0v) is 18.7. The highest BCUT2D eigenvalue weighted by molar-refractivity contribution is 5.96. The number of carbonyl (C=O) groups is 2. The quantitative estimate of drug-likeness (QED) is 0.633. The summed E-state index contributed by atoms with van der Waals surface area (Å²) in [5, 5.41) is 0. The van der Waals surface area contributed by atoms with Gasteiger partial charge in [-0.25, -0.2) is 0 Å². The fourth-order valence-electron chi connectivity index (χ4n) is 3.89. The van der Waals surface area contributed by atoms with Crippen molar-refractivity contribution < 1.29 is 33.3 Å². The molecule has 0 saturated carbocycles. The number of methoxy groups -OCH3 is 4. The molecule has 9 heteroatoms. The lowest BCUT2D eigenvalue weighted by atomic mass is 10.0. The van der Waals surface area contributed by atoms with Crippen LogP contribution >= 0.6 is 0 Å². The number of ether oxygens (including phenoxy) is 5. The molecular weight excluding hydrogens is 416 g/mol. The molecule has 0 spiro atoms. The third-order valence-electron chi connectivity index (χ3n) is 5.38. The number of primary amides is 1. The van der Waals surface area contributed by atoms with E-state index in [9.17, 15) is 9.59 Å². The van der Waals surface area contributed by atoms with Gasteiger partial charge in [-0.15, -0.1) is 0 Å². The molecule has 0 aromatic heterocycles. The predicted octanol–water partition coefficient (Wildman–Crippen LogP) is 2.56. The van der Waals surface area contributed by atoms with E-state index in [1.54, 1.807) is 31.3 Å². The highest BCUT2D eigenvalue weighted by Crippen LogP contribution is 2.42. The molecule has 2 aromatic carbocycles. The van der Waals surface area contributed by atoms with Gasteiger partial charge in [-0.3, -0.25) is 9.59 Å². The van der Waals surface area contributed by atoms with E-state index in [0.29, 0.717) is 23.6 Å². The Morgan fingerprint density at radius 1 is 0.969 bits per heavy atom. The Morgan fingerprint density at radius 2 is 1.62 bits per heavy atom. The number of amides is 2. The van der Waals surface area contributed by atoms with E-state index in [1.165, 1.54) is 14.2 Å². The first-order valence-electron chi connectivity index (χ1n) is 10.1. The van der Waals surface area contributed by atoms with Crippen LogP contribution in [0.1, 0.15) is 34.8 Å². The molecule has 1 fully saturated rings. The van der Waals surface area contributed by atoms with Gasteiger partial charge in [0, 0.05) is 17.7 Å². The lowest BCUT2D eigenvalue weighted by molar-refractivity contribution is -0.120. The molecule has 0 radical (unpaired) electrons. The van der Waals surface area contributed by atoms with Gasteiger partial charge in [-0.1, -0.05) is 0 Å². The average molecular weight is 444 g/mol. The van der Waals surface area contributed by atoms with Crippen molar-refractivity contribution in [2.24, 2.45) is 5.73 Å². The highest BCUT2D eigenvalue weighted by atomic mass is 16.5. The van der Waals surface area contributed by atoms with Crippen LogP contribution in [0.25, 0.3) is 0 Å². The van der Waals surface area contributed by atoms with Crippen LogP contribution in [0.5, 0.6) is 28.7 Å². The maximum absolute atomic E-state index is 13.5. The van der Waals surface area contributed by atoms with Gasteiger partial charge in [-0.2, -0.15) is 0 Å². The van der Waals surface area contributed by atoms with Gasteiger partial charge in [0.2, 0.25) is 5.75 Å². The minimum Gasteiger partial charge on any atom is -0.497 e. The molecule has 2 N–H and O–H groups in total. The molecule has 1 atom stereocenters. The first kappa shape index (κ1) is 23.1. The molecule has 32 heavy (non-hydrogen) atoms. The maximum Gasteiger partial charge on any atom is 0.255 e. The van der Waals surface area contributed by atoms with Crippen molar-refractivity contribution in [3.63, 3.8) is 0 Å². The molecule has 172 valence electrons. The summed E-state index contributed by atoms with van der Waals surface area (Å²) in [5.74, 6) is 1.31. The minimum absolute atomic E-state index is 0.171. The van der Waals surface area contributed by atoms with Gasteiger partial charge in [0.25, 0.3) is 11.8 Å². The second-order valence-corrected chi connectivity index (χ2v) is 7.23. The highest BCUT2D eigenvalue weighted by Gasteiger charge is 2.33. The Kier molecular flexibility index (Phi) is 7.29. The van der Waals surface area contributed by atoms with Gasteiger partial charge in [0.05, 0.1) is 34.5 Å². The molecule has 0 aliphatic carbocycles. The van der Waals surface area contributed by atoms with Crippen LogP contribution in [0.15, 0.2) is 30.3 Å². The molecule has 0 unspecified atom stereocenters. The van der Waals surface area contributed by atoms with Gasteiger partial charge in [0.1, 0.15) is 11.5 Å². The van der Waals surface area contributed by atoms with Crippen LogP contribution in [0.3, 0.4) is 0 Å². The summed E-state index contributed by atoms with van der Waals surface area (Å²) in [6, 6.07) is 8.53. The summed E-state index contributed by atoms with van der Waals surface area (Å²) in [4.78, 5) is 26.5. The van der Waals surface area contributed by atoms with Crippen LogP contribution in [0.4, 0.5) is 0 Å². The molecule has 0 bridgehead atoms. The van der Waals surface area contributed by atoms with Crippen molar-refractivity contribution in [3.05, 3.63) is 41.5 Å². The summed E-state index contributed by atoms with van der Waals surface area (Å²) >= 11 is 0. The van der Waals surface area contributed by atoms with E-state index in [1.807, 2.05) is 18.2 Å². The number of benzene rings is 2. The Morgan fingerprint density at radius 3 is 2.19 bits per heavy atom. The fourth-order valence-corrected chi connectivity index (χ4v) is 3.89. The average Bonchev–Trinajstić information content (AvgIpc) is 3.30. The van der Waals surface area contributed by atoms with Crippen LogP contribution in [0.2, 0.25) is 0 Å². The number of hydrogen-bond donors (Lipinski definition) is 1. The zero-order chi connectivity index (χ0) is 23.3. The van der Waals surface area contributed by atoms with Gasteiger partial charge >= 0.3 is 0 Å². The number of nitrogens with zero attached hydrogens (tertiary/aromatic N) is 1.